The number of piperidine rings is 1. The van der Waals surface area contributed by atoms with E-state index in [0.717, 1.165) is 6.26 Å². The van der Waals surface area contributed by atoms with E-state index in [1.807, 2.05) is 0 Å². The highest BCUT2D eigenvalue weighted by Gasteiger charge is 2.39. The number of rotatable bonds is 3. The lowest BCUT2D eigenvalue weighted by Gasteiger charge is -2.29. The van der Waals surface area contributed by atoms with Crippen molar-refractivity contribution in [3.8, 4) is 11.8 Å². The molecule has 0 spiro atoms. The molecule has 2 aliphatic heterocycles. The van der Waals surface area contributed by atoms with E-state index in [2.05, 4.69) is 21.3 Å². The van der Waals surface area contributed by atoms with Crippen LogP contribution >= 0.6 is 0 Å². The topological polar surface area (TPSA) is 110 Å². The monoisotopic (exact) mass is 376 g/mol. The summed E-state index contributed by atoms with van der Waals surface area (Å²) in [6.07, 6.45) is 1.41. The van der Waals surface area contributed by atoms with Crippen LogP contribution in [0, 0.1) is 11.8 Å². The molecule has 0 radical (unpaired) electrons. The van der Waals surface area contributed by atoms with E-state index >= 15 is 0 Å². The summed E-state index contributed by atoms with van der Waals surface area (Å²) < 4.78 is 26.5. The van der Waals surface area contributed by atoms with Gasteiger partial charge in [0.1, 0.15) is 12.6 Å². The molecule has 0 bridgehead atoms. The first kappa shape index (κ1) is 18.1. The molecule has 2 heterocycles. The van der Waals surface area contributed by atoms with Crippen LogP contribution in [0.2, 0.25) is 0 Å². The third kappa shape index (κ3) is 3.76. The van der Waals surface area contributed by atoms with Gasteiger partial charge in [-0.25, -0.2) is 0 Å². The number of hydrogen-bond acceptors (Lipinski definition) is 6. The summed E-state index contributed by atoms with van der Waals surface area (Å²) in [5, 5.41) is 2.25. The van der Waals surface area contributed by atoms with E-state index in [0.29, 0.717) is 16.7 Å². The Kier molecular flexibility index (Phi) is 4.80. The minimum absolute atomic E-state index is 0.187. The molecule has 1 atom stereocenters. The fourth-order valence-electron chi connectivity index (χ4n) is 2.97. The minimum atomic E-state index is -3.57. The van der Waals surface area contributed by atoms with Gasteiger partial charge in [-0.3, -0.25) is 23.9 Å². The second kappa shape index (κ2) is 6.90. The highest BCUT2D eigenvalue weighted by molar-refractivity contribution is 7.86. The molecule has 1 unspecified atom stereocenters. The van der Waals surface area contributed by atoms with Crippen molar-refractivity contribution in [3.63, 3.8) is 0 Å². The lowest BCUT2D eigenvalue weighted by atomic mass is 10.0. The van der Waals surface area contributed by atoms with Crippen LogP contribution in [0.4, 0.5) is 0 Å². The summed E-state index contributed by atoms with van der Waals surface area (Å²) in [6, 6.07) is 4.35. The molecule has 1 aromatic carbocycles. The molecule has 3 rings (SSSR count). The lowest BCUT2D eigenvalue weighted by Crippen LogP contribution is -2.52. The normalized spacial score (nSPS) is 19.7. The van der Waals surface area contributed by atoms with Gasteiger partial charge < -0.3 is 4.90 Å². The smallest absolute Gasteiger partial charge is 0.265 e. The van der Waals surface area contributed by atoms with E-state index in [9.17, 15) is 22.8 Å². The van der Waals surface area contributed by atoms with Gasteiger partial charge in [-0.2, -0.15) is 8.42 Å². The quantitative estimate of drug-likeness (QED) is 0.444. The van der Waals surface area contributed by atoms with E-state index in [1.165, 1.54) is 4.90 Å². The van der Waals surface area contributed by atoms with Crippen LogP contribution in [0.5, 0.6) is 0 Å². The van der Waals surface area contributed by atoms with Gasteiger partial charge in [0.25, 0.3) is 16.0 Å². The first-order valence-corrected chi connectivity index (χ1v) is 9.68. The van der Waals surface area contributed by atoms with Crippen LogP contribution in [0.3, 0.4) is 0 Å². The zero-order valence-corrected chi connectivity index (χ0v) is 14.8. The maximum Gasteiger partial charge on any atom is 0.265 e. The zero-order valence-electron chi connectivity index (χ0n) is 13.9. The molecule has 1 aromatic rings. The SMILES string of the molecule is CS(=O)(=O)OCC#Cc1cccc2c1CN(C1CCC(=O)NC1=O)C2=O. The molecule has 0 saturated carbocycles. The second-order valence-electron chi connectivity index (χ2n) is 6.00. The van der Waals surface area contributed by atoms with Gasteiger partial charge in [0, 0.05) is 24.1 Å². The van der Waals surface area contributed by atoms with Crippen LogP contribution in [0.15, 0.2) is 18.2 Å². The maximum absolute atomic E-state index is 12.6. The molecule has 8 nitrogen and oxygen atoms in total. The Morgan fingerprint density at radius 3 is 2.77 bits per heavy atom. The van der Waals surface area contributed by atoms with Crippen LogP contribution in [0.1, 0.15) is 34.3 Å². The number of carbonyl (C=O) groups excluding carboxylic acids is 3. The van der Waals surface area contributed by atoms with Crippen molar-refractivity contribution in [3.05, 3.63) is 34.9 Å². The van der Waals surface area contributed by atoms with E-state index in [1.54, 1.807) is 18.2 Å². The van der Waals surface area contributed by atoms with Gasteiger partial charge in [0.15, 0.2) is 0 Å². The molecular weight excluding hydrogens is 360 g/mol. The maximum atomic E-state index is 12.6. The molecular formula is C17H16N2O6S. The van der Waals surface area contributed by atoms with Crippen molar-refractivity contribution in [2.75, 3.05) is 12.9 Å². The van der Waals surface area contributed by atoms with Gasteiger partial charge in [0.2, 0.25) is 11.8 Å². The summed E-state index contributed by atoms with van der Waals surface area (Å²) in [4.78, 5) is 37.4. The summed E-state index contributed by atoms with van der Waals surface area (Å²) >= 11 is 0. The first-order valence-electron chi connectivity index (χ1n) is 7.86. The predicted molar refractivity (Wildman–Crippen MR) is 90.2 cm³/mol. The van der Waals surface area contributed by atoms with Crippen molar-refractivity contribution in [2.24, 2.45) is 0 Å². The highest BCUT2D eigenvalue weighted by atomic mass is 32.2. The average molecular weight is 376 g/mol. The van der Waals surface area contributed by atoms with E-state index in [-0.39, 0.29) is 37.8 Å². The standard InChI is InChI=1S/C17H16N2O6S/c1-26(23,24)25-9-3-5-11-4-2-6-12-13(11)10-19(17(12)22)14-7-8-15(20)18-16(14)21/h2,4,6,14H,7-10H2,1H3,(H,18,20,21). The van der Waals surface area contributed by atoms with Crippen LogP contribution in [-0.4, -0.2) is 49.9 Å². The van der Waals surface area contributed by atoms with Crippen LogP contribution < -0.4 is 5.32 Å². The Hall–Kier alpha value is -2.70. The summed E-state index contributed by atoms with van der Waals surface area (Å²) in [5.41, 5.74) is 1.70. The average Bonchev–Trinajstić information content (AvgIpc) is 2.89. The Balaban J connectivity index is 1.81. The van der Waals surface area contributed by atoms with Crippen LogP contribution in [-0.2, 0) is 30.4 Å². The van der Waals surface area contributed by atoms with Crippen molar-refractivity contribution in [1.82, 2.24) is 10.2 Å². The molecule has 0 aliphatic carbocycles. The molecule has 26 heavy (non-hydrogen) atoms. The van der Waals surface area contributed by atoms with E-state index < -0.39 is 22.1 Å². The Morgan fingerprint density at radius 1 is 1.31 bits per heavy atom. The molecule has 1 saturated heterocycles. The predicted octanol–water partition coefficient (Wildman–Crippen LogP) is -0.225. The summed E-state index contributed by atoms with van der Waals surface area (Å²) in [6.45, 7) is -0.0778. The summed E-state index contributed by atoms with van der Waals surface area (Å²) in [5.74, 6) is 4.31. The van der Waals surface area contributed by atoms with Gasteiger partial charge in [-0.05, 0) is 24.1 Å². The van der Waals surface area contributed by atoms with Crippen molar-refractivity contribution < 1.29 is 27.0 Å². The molecule has 0 aromatic heterocycles. The Morgan fingerprint density at radius 2 is 2.08 bits per heavy atom. The summed E-state index contributed by atoms with van der Waals surface area (Å²) in [7, 11) is -3.57. The molecule has 1 fully saturated rings. The van der Waals surface area contributed by atoms with Gasteiger partial charge in [-0.1, -0.05) is 17.9 Å². The molecule has 136 valence electrons. The Bertz CT molecular complexity index is 957. The van der Waals surface area contributed by atoms with Crippen LogP contribution in [0.25, 0.3) is 0 Å². The van der Waals surface area contributed by atoms with Gasteiger partial charge in [0.05, 0.1) is 6.26 Å². The second-order valence-corrected chi connectivity index (χ2v) is 7.64. The third-order valence-electron chi connectivity index (χ3n) is 4.15. The number of carbonyl (C=O) groups is 3. The van der Waals surface area contributed by atoms with Gasteiger partial charge in [-0.15, -0.1) is 0 Å². The largest absolute Gasteiger partial charge is 0.322 e. The molecule has 2 aliphatic rings. The van der Waals surface area contributed by atoms with Crippen molar-refractivity contribution in [1.29, 1.82) is 0 Å². The minimum Gasteiger partial charge on any atom is -0.322 e. The number of imide groups is 1. The van der Waals surface area contributed by atoms with E-state index in [4.69, 9.17) is 0 Å². The molecule has 1 N–H and O–H groups in total. The van der Waals surface area contributed by atoms with Gasteiger partial charge >= 0.3 is 0 Å². The fourth-order valence-corrected chi connectivity index (χ4v) is 3.24. The first-order chi connectivity index (χ1) is 12.3. The molecule has 9 heteroatoms. The number of fused-ring (bicyclic) bond motifs is 1. The Labute approximate surface area is 150 Å². The number of benzene rings is 1. The fraction of sp³-hybridized carbons (Fsp3) is 0.353. The number of nitrogens with zero attached hydrogens (tertiary/aromatic N) is 1. The van der Waals surface area contributed by atoms with Crippen molar-refractivity contribution in [2.45, 2.75) is 25.4 Å². The van der Waals surface area contributed by atoms with Crippen molar-refractivity contribution >= 4 is 27.8 Å². The number of amides is 3. The molecule has 3 amide bonds. The highest BCUT2D eigenvalue weighted by Crippen LogP contribution is 2.29. The zero-order chi connectivity index (χ0) is 18.9. The lowest BCUT2D eigenvalue weighted by molar-refractivity contribution is -0.136. The number of hydrogen-bond donors (Lipinski definition) is 1. The number of nitrogens with one attached hydrogen (secondary N) is 1. The third-order valence-corrected chi connectivity index (χ3v) is 4.70.